The van der Waals surface area contributed by atoms with E-state index >= 15 is 0 Å². The number of phosphoric acid groups is 2. The summed E-state index contributed by atoms with van der Waals surface area (Å²) in [6.45, 7) is 2.16. The monoisotopic (exact) mass is 627 g/mol. The number of hydrogen-bond donors (Lipinski definition) is 6. The molecule has 0 saturated heterocycles. The van der Waals surface area contributed by atoms with Crippen LogP contribution in [0.25, 0.3) is 21.9 Å². The molecule has 0 atom stereocenters. The molecule has 41 heavy (non-hydrogen) atoms. The number of nitrogens with two attached hydrogens (primary N) is 1. The van der Waals surface area contributed by atoms with Crippen molar-refractivity contribution in [1.82, 2.24) is 19.9 Å². The van der Waals surface area contributed by atoms with E-state index in [2.05, 4.69) is 10.3 Å². The first-order chi connectivity index (χ1) is 19.3. The molecule has 0 aliphatic rings. The SMILES string of the molecule is CCCCc1nc2c(N)nc3cc(CNC(=O)CCl)ccc3c2n1Cc1cc(OP(=O)(O)O)ccc1OP(=O)(O)O. The van der Waals surface area contributed by atoms with Crippen molar-refractivity contribution in [2.45, 2.75) is 39.3 Å². The molecule has 14 nitrogen and oxygen atoms in total. The van der Waals surface area contributed by atoms with E-state index in [0.29, 0.717) is 34.2 Å². The molecule has 17 heteroatoms. The number of fused-ring (bicyclic) bond motifs is 3. The number of rotatable bonds is 12. The first-order valence-corrected chi connectivity index (χ1v) is 15.9. The minimum atomic E-state index is -4.99. The number of benzene rings is 2. The molecule has 0 spiro atoms. The number of unbranched alkanes of at least 4 members (excludes halogenated alkanes) is 1. The number of aromatic nitrogens is 3. The number of amides is 1. The Labute approximate surface area is 238 Å². The molecule has 0 saturated carbocycles. The highest BCUT2D eigenvalue weighted by molar-refractivity contribution is 7.47. The number of pyridine rings is 1. The molecule has 0 fully saturated rings. The van der Waals surface area contributed by atoms with E-state index < -0.39 is 15.6 Å². The second-order valence-electron chi connectivity index (χ2n) is 9.11. The van der Waals surface area contributed by atoms with E-state index in [9.17, 15) is 33.5 Å². The Hall–Kier alpha value is -3.22. The average Bonchev–Trinajstić information content (AvgIpc) is 3.24. The van der Waals surface area contributed by atoms with Crippen LogP contribution in [0.4, 0.5) is 5.82 Å². The lowest BCUT2D eigenvalue weighted by Crippen LogP contribution is -2.23. The first-order valence-electron chi connectivity index (χ1n) is 12.3. The molecule has 1 amide bonds. The number of hydrogen-bond acceptors (Lipinski definition) is 8. The third kappa shape index (κ3) is 7.75. The summed E-state index contributed by atoms with van der Waals surface area (Å²) in [5, 5.41) is 3.35. The van der Waals surface area contributed by atoms with Crippen LogP contribution in [0.3, 0.4) is 0 Å². The van der Waals surface area contributed by atoms with Gasteiger partial charge in [-0.2, -0.15) is 0 Å². The van der Waals surface area contributed by atoms with E-state index in [1.807, 2.05) is 6.92 Å². The summed E-state index contributed by atoms with van der Waals surface area (Å²) in [4.78, 5) is 58.3. The number of nitrogens with one attached hydrogen (secondary N) is 1. The molecular weight excluding hydrogens is 600 g/mol. The molecule has 2 heterocycles. The molecule has 220 valence electrons. The number of imidazole rings is 1. The Kier molecular flexibility index (Phi) is 9.25. The fourth-order valence-corrected chi connectivity index (χ4v) is 5.24. The molecule has 0 aliphatic heterocycles. The van der Waals surface area contributed by atoms with Gasteiger partial charge in [-0.25, -0.2) is 19.1 Å². The van der Waals surface area contributed by atoms with Gasteiger partial charge in [-0.3, -0.25) is 24.4 Å². The molecule has 7 N–H and O–H groups in total. The van der Waals surface area contributed by atoms with Gasteiger partial charge in [0.05, 0.1) is 17.6 Å². The lowest BCUT2D eigenvalue weighted by Gasteiger charge is -2.17. The van der Waals surface area contributed by atoms with Crippen LogP contribution in [-0.4, -0.2) is 45.9 Å². The van der Waals surface area contributed by atoms with Crippen LogP contribution in [0.15, 0.2) is 36.4 Å². The van der Waals surface area contributed by atoms with Gasteiger partial charge in [-0.15, -0.1) is 11.6 Å². The van der Waals surface area contributed by atoms with Crippen LogP contribution in [0.2, 0.25) is 0 Å². The Morgan fingerprint density at radius 3 is 2.46 bits per heavy atom. The van der Waals surface area contributed by atoms with Crippen molar-refractivity contribution < 1.29 is 42.5 Å². The Bertz CT molecular complexity index is 1700. The fraction of sp³-hybridized carbons (Fsp3) is 0.292. The second-order valence-corrected chi connectivity index (χ2v) is 11.7. The molecule has 0 aliphatic carbocycles. The minimum Gasteiger partial charge on any atom is -0.404 e. The molecule has 0 radical (unpaired) electrons. The van der Waals surface area contributed by atoms with Crippen LogP contribution in [0, 0.1) is 0 Å². The van der Waals surface area contributed by atoms with Crippen molar-refractivity contribution in [3.8, 4) is 11.5 Å². The predicted molar refractivity (Wildman–Crippen MR) is 152 cm³/mol. The first kappa shape index (κ1) is 30.7. The highest BCUT2D eigenvalue weighted by Crippen LogP contribution is 2.43. The molecule has 0 unspecified atom stereocenters. The number of anilines is 1. The lowest BCUT2D eigenvalue weighted by molar-refractivity contribution is -0.118. The van der Waals surface area contributed by atoms with Crippen molar-refractivity contribution in [2.75, 3.05) is 11.6 Å². The maximum atomic E-state index is 11.7. The minimum absolute atomic E-state index is 0.0741. The van der Waals surface area contributed by atoms with Gasteiger partial charge in [0, 0.05) is 23.9 Å². The summed E-state index contributed by atoms with van der Waals surface area (Å²) in [6.07, 6.45) is 2.15. The molecule has 4 rings (SSSR count). The maximum absolute atomic E-state index is 11.7. The zero-order valence-corrected chi connectivity index (χ0v) is 24.3. The highest BCUT2D eigenvalue weighted by Gasteiger charge is 2.24. The summed E-state index contributed by atoms with van der Waals surface area (Å²) in [7, 11) is -9.92. The van der Waals surface area contributed by atoms with E-state index in [1.165, 1.54) is 6.07 Å². The van der Waals surface area contributed by atoms with Gasteiger partial charge in [0.25, 0.3) is 0 Å². The van der Waals surface area contributed by atoms with Crippen LogP contribution in [0.1, 0.15) is 36.7 Å². The summed E-state index contributed by atoms with van der Waals surface area (Å²) < 4.78 is 34.5. The quantitative estimate of drug-likeness (QED) is 0.0983. The topological polar surface area (TPSA) is 219 Å². The number of halogens is 1. The van der Waals surface area contributed by atoms with E-state index in [0.717, 1.165) is 30.5 Å². The smallest absolute Gasteiger partial charge is 0.404 e. The van der Waals surface area contributed by atoms with Crippen LogP contribution in [-0.2, 0) is 33.4 Å². The number of nitrogens with zero attached hydrogens (tertiary/aromatic N) is 3. The second kappa shape index (κ2) is 12.3. The van der Waals surface area contributed by atoms with Crippen LogP contribution >= 0.6 is 27.2 Å². The Balaban J connectivity index is 1.90. The molecule has 2 aromatic carbocycles. The van der Waals surface area contributed by atoms with Gasteiger partial charge < -0.3 is 24.7 Å². The normalized spacial score (nSPS) is 12.1. The Morgan fingerprint density at radius 1 is 1.07 bits per heavy atom. The van der Waals surface area contributed by atoms with Gasteiger partial charge in [0.15, 0.2) is 5.82 Å². The van der Waals surface area contributed by atoms with Crippen molar-refractivity contribution in [3.63, 3.8) is 0 Å². The summed E-state index contributed by atoms with van der Waals surface area (Å²) in [6, 6.07) is 8.87. The van der Waals surface area contributed by atoms with Gasteiger partial charge in [-0.05, 0) is 36.2 Å². The predicted octanol–water partition coefficient (Wildman–Crippen LogP) is 3.36. The number of nitrogen functional groups attached to an aromatic ring is 1. The van der Waals surface area contributed by atoms with Crippen LogP contribution < -0.4 is 20.1 Å². The van der Waals surface area contributed by atoms with Gasteiger partial charge in [0.1, 0.15) is 28.7 Å². The van der Waals surface area contributed by atoms with Gasteiger partial charge >= 0.3 is 15.6 Å². The number of carbonyl (C=O) groups is 1. The van der Waals surface area contributed by atoms with Gasteiger partial charge in [0.2, 0.25) is 5.91 Å². The largest absolute Gasteiger partial charge is 0.524 e. The van der Waals surface area contributed by atoms with E-state index in [4.69, 9.17) is 31.4 Å². The molecular formula is C24H28ClN5O9P2. The standard InChI is InChI=1S/C24H28ClN5O9P2/c1-2-3-4-20-29-22-23(17-7-5-14(12-27-21(31)11-25)9-18(17)28-24(22)26)30(20)13-15-10-16(38-40(32,33)34)6-8-19(15)39-41(35,36)37/h5-10H,2-4,11-13H2,1H3,(H2,26,28)(H,27,31)(H2,32,33,34)(H2,35,36,37). The summed E-state index contributed by atoms with van der Waals surface area (Å²) >= 11 is 5.56. The van der Waals surface area contributed by atoms with Gasteiger partial charge in [-0.1, -0.05) is 25.5 Å². The summed E-state index contributed by atoms with van der Waals surface area (Å²) in [5.74, 6) is -0.204. The number of alkyl halides is 1. The Morgan fingerprint density at radius 2 is 1.80 bits per heavy atom. The highest BCUT2D eigenvalue weighted by atomic mass is 35.5. The zero-order valence-electron chi connectivity index (χ0n) is 21.7. The number of phosphoric ester groups is 2. The van der Waals surface area contributed by atoms with Crippen molar-refractivity contribution in [1.29, 1.82) is 0 Å². The fourth-order valence-electron chi connectivity index (χ4n) is 4.32. The number of aryl methyl sites for hydroxylation is 1. The third-order valence-corrected chi connectivity index (χ3v) is 7.14. The molecule has 4 aromatic rings. The lowest BCUT2D eigenvalue weighted by atomic mass is 10.1. The van der Waals surface area contributed by atoms with Crippen molar-refractivity contribution in [3.05, 3.63) is 53.3 Å². The molecule has 2 aromatic heterocycles. The van der Waals surface area contributed by atoms with E-state index in [-0.39, 0.29) is 47.8 Å². The van der Waals surface area contributed by atoms with E-state index in [1.54, 1.807) is 22.8 Å². The number of carbonyl (C=O) groups excluding carboxylic acids is 1. The maximum Gasteiger partial charge on any atom is 0.524 e. The van der Waals surface area contributed by atoms with Crippen molar-refractivity contribution >= 4 is 60.9 Å². The molecule has 0 bridgehead atoms. The third-order valence-electron chi connectivity index (χ3n) is 6.01. The van der Waals surface area contributed by atoms with Crippen LogP contribution in [0.5, 0.6) is 11.5 Å². The van der Waals surface area contributed by atoms with Crippen molar-refractivity contribution in [2.24, 2.45) is 0 Å². The summed E-state index contributed by atoms with van der Waals surface area (Å²) in [5.41, 5.74) is 8.73. The zero-order chi connectivity index (χ0) is 29.9. The average molecular weight is 628 g/mol.